The summed E-state index contributed by atoms with van der Waals surface area (Å²) in [6, 6.07) is 2.61. The first kappa shape index (κ1) is 15.0. The van der Waals surface area contributed by atoms with E-state index in [1.807, 2.05) is 6.92 Å². The average molecular weight is 280 g/mol. The highest BCUT2D eigenvalue weighted by Crippen LogP contribution is 2.13. The Balaban J connectivity index is 1.90. The average Bonchev–Trinajstić information content (AvgIpc) is 2.83. The lowest BCUT2D eigenvalue weighted by atomic mass is 10.1. The van der Waals surface area contributed by atoms with Gasteiger partial charge in [-0.05, 0) is 19.8 Å². The third-order valence-electron chi connectivity index (χ3n) is 3.81. The number of carbonyl (C=O) groups excluding carboxylic acids is 1. The van der Waals surface area contributed by atoms with Gasteiger partial charge in [0.25, 0.3) is 0 Å². The molecular formula is C14H24N4O2. The molecule has 0 aliphatic carbocycles. The summed E-state index contributed by atoms with van der Waals surface area (Å²) < 4.78 is 5.01. The van der Waals surface area contributed by atoms with Crippen molar-refractivity contribution in [2.24, 2.45) is 0 Å². The summed E-state index contributed by atoms with van der Waals surface area (Å²) in [4.78, 5) is 14.3. The predicted molar refractivity (Wildman–Crippen MR) is 77.6 cm³/mol. The number of amides is 1. The third kappa shape index (κ3) is 3.80. The van der Waals surface area contributed by atoms with Crippen molar-refractivity contribution in [2.75, 3.05) is 25.0 Å². The van der Waals surface area contributed by atoms with Crippen molar-refractivity contribution >= 4 is 11.8 Å². The van der Waals surface area contributed by atoms with Crippen LogP contribution < -0.4 is 10.6 Å². The minimum atomic E-state index is -0.0450. The van der Waals surface area contributed by atoms with Gasteiger partial charge in [0.2, 0.25) is 11.8 Å². The smallest absolute Gasteiger partial charge is 0.240 e. The van der Waals surface area contributed by atoms with Gasteiger partial charge in [-0.2, -0.15) is 0 Å². The Morgan fingerprint density at radius 1 is 1.55 bits per heavy atom. The summed E-state index contributed by atoms with van der Waals surface area (Å²) in [6.45, 7) is 8.41. The molecule has 20 heavy (non-hydrogen) atoms. The summed E-state index contributed by atoms with van der Waals surface area (Å²) >= 11 is 0. The second-order valence-corrected chi connectivity index (χ2v) is 5.39. The molecule has 0 bridgehead atoms. The van der Waals surface area contributed by atoms with Gasteiger partial charge >= 0.3 is 0 Å². The van der Waals surface area contributed by atoms with Crippen LogP contribution in [0.25, 0.3) is 0 Å². The second kappa shape index (κ2) is 6.85. The molecule has 0 aromatic carbocycles. The van der Waals surface area contributed by atoms with Crippen molar-refractivity contribution in [3.05, 3.63) is 11.8 Å². The molecule has 6 nitrogen and oxygen atoms in total. The Hall–Kier alpha value is -1.40. The van der Waals surface area contributed by atoms with Crippen LogP contribution in [0.5, 0.6) is 0 Å². The van der Waals surface area contributed by atoms with E-state index in [0.29, 0.717) is 24.5 Å². The van der Waals surface area contributed by atoms with Gasteiger partial charge < -0.3 is 9.84 Å². The highest BCUT2D eigenvalue weighted by molar-refractivity contribution is 5.91. The van der Waals surface area contributed by atoms with E-state index in [4.69, 9.17) is 4.52 Å². The Kier molecular flexibility index (Phi) is 5.14. The number of nitrogens with one attached hydrogen (secondary N) is 2. The number of aryl methyl sites for hydroxylation is 1. The van der Waals surface area contributed by atoms with Crippen LogP contribution in [0, 0.1) is 6.92 Å². The van der Waals surface area contributed by atoms with Crippen LogP contribution in [0.4, 0.5) is 5.88 Å². The lowest BCUT2D eigenvalue weighted by Crippen LogP contribution is -2.57. The number of hydrogen-bond acceptors (Lipinski definition) is 5. The number of rotatable bonds is 5. The van der Waals surface area contributed by atoms with Gasteiger partial charge in [-0.15, -0.1) is 0 Å². The summed E-state index contributed by atoms with van der Waals surface area (Å²) in [6.07, 6.45) is 2.12. The van der Waals surface area contributed by atoms with Crippen molar-refractivity contribution in [3.8, 4) is 0 Å². The largest absolute Gasteiger partial charge is 0.338 e. The molecular weight excluding hydrogens is 256 g/mol. The zero-order valence-corrected chi connectivity index (χ0v) is 12.5. The Morgan fingerprint density at radius 2 is 2.35 bits per heavy atom. The molecule has 6 heteroatoms. The van der Waals surface area contributed by atoms with Crippen molar-refractivity contribution in [2.45, 2.75) is 45.7 Å². The predicted octanol–water partition coefficient (Wildman–Crippen LogP) is 1.38. The van der Waals surface area contributed by atoms with Crippen LogP contribution in [0.2, 0.25) is 0 Å². The number of carbonyl (C=O) groups is 1. The van der Waals surface area contributed by atoms with Crippen LogP contribution in [0.15, 0.2) is 10.6 Å². The van der Waals surface area contributed by atoms with Gasteiger partial charge in [0.15, 0.2) is 0 Å². The summed E-state index contributed by atoms with van der Waals surface area (Å²) in [7, 11) is 0. The summed E-state index contributed by atoms with van der Waals surface area (Å²) in [5.74, 6) is 0.374. The van der Waals surface area contributed by atoms with Gasteiger partial charge in [0, 0.05) is 31.2 Å². The quantitative estimate of drug-likeness (QED) is 0.853. The lowest BCUT2D eigenvalue weighted by Gasteiger charge is -2.39. The molecule has 0 spiro atoms. The highest BCUT2D eigenvalue weighted by Gasteiger charge is 2.27. The number of anilines is 1. The first-order valence-electron chi connectivity index (χ1n) is 7.33. The number of nitrogens with zero attached hydrogens (tertiary/aromatic N) is 2. The maximum atomic E-state index is 12.1. The fourth-order valence-electron chi connectivity index (χ4n) is 2.58. The summed E-state index contributed by atoms with van der Waals surface area (Å²) in [5.41, 5.74) is 0.764. The minimum Gasteiger partial charge on any atom is -0.338 e. The maximum absolute atomic E-state index is 12.1. The Morgan fingerprint density at radius 3 is 2.95 bits per heavy atom. The molecule has 1 saturated heterocycles. The number of aromatic nitrogens is 1. The van der Waals surface area contributed by atoms with E-state index in [-0.39, 0.29) is 5.91 Å². The van der Waals surface area contributed by atoms with E-state index in [9.17, 15) is 4.79 Å². The zero-order valence-electron chi connectivity index (χ0n) is 12.5. The molecule has 2 rings (SSSR count). The molecule has 2 N–H and O–H groups in total. The molecule has 1 aromatic rings. The summed E-state index contributed by atoms with van der Waals surface area (Å²) in [5, 5.41) is 10.0. The molecule has 0 saturated carbocycles. The lowest BCUT2D eigenvalue weighted by molar-refractivity contribution is -0.118. The molecule has 1 aliphatic rings. The zero-order chi connectivity index (χ0) is 14.5. The van der Waals surface area contributed by atoms with Gasteiger partial charge in [-0.1, -0.05) is 19.0 Å². The van der Waals surface area contributed by atoms with Gasteiger partial charge in [-0.3, -0.25) is 15.0 Å². The molecule has 1 aromatic heterocycles. The van der Waals surface area contributed by atoms with E-state index in [1.165, 1.54) is 0 Å². The van der Waals surface area contributed by atoms with Crippen LogP contribution in [0.3, 0.4) is 0 Å². The van der Waals surface area contributed by atoms with E-state index in [2.05, 4.69) is 34.5 Å². The minimum absolute atomic E-state index is 0.0450. The Labute approximate surface area is 119 Å². The van der Waals surface area contributed by atoms with Gasteiger partial charge in [0.1, 0.15) is 0 Å². The SMILES string of the molecule is CCC1CN(CC(=O)Nc2cc(C)no2)C(CC)CN1. The van der Waals surface area contributed by atoms with Gasteiger partial charge in [0.05, 0.1) is 12.2 Å². The van der Waals surface area contributed by atoms with Crippen molar-refractivity contribution in [1.82, 2.24) is 15.4 Å². The topological polar surface area (TPSA) is 70.4 Å². The van der Waals surface area contributed by atoms with Crippen LogP contribution >= 0.6 is 0 Å². The van der Waals surface area contributed by atoms with E-state index in [0.717, 1.165) is 31.6 Å². The first-order valence-corrected chi connectivity index (χ1v) is 7.33. The molecule has 1 amide bonds. The second-order valence-electron chi connectivity index (χ2n) is 5.39. The first-order chi connectivity index (χ1) is 9.62. The van der Waals surface area contributed by atoms with Crippen LogP contribution in [-0.2, 0) is 4.79 Å². The molecule has 1 fully saturated rings. The number of hydrogen-bond donors (Lipinski definition) is 2. The molecule has 2 atom stereocenters. The maximum Gasteiger partial charge on any atom is 0.240 e. The Bertz CT molecular complexity index is 446. The molecule has 1 aliphatic heterocycles. The monoisotopic (exact) mass is 280 g/mol. The fraction of sp³-hybridized carbons (Fsp3) is 0.714. The third-order valence-corrected chi connectivity index (χ3v) is 3.81. The standard InChI is InChI=1S/C14H24N4O2/c1-4-11-8-18(12(5-2)7-15-11)9-13(19)16-14-6-10(3)17-20-14/h6,11-12,15H,4-5,7-9H2,1-3H3,(H,16,19). The van der Waals surface area contributed by atoms with Crippen LogP contribution in [0.1, 0.15) is 32.4 Å². The molecule has 2 heterocycles. The van der Waals surface area contributed by atoms with E-state index in [1.54, 1.807) is 6.07 Å². The van der Waals surface area contributed by atoms with E-state index >= 15 is 0 Å². The van der Waals surface area contributed by atoms with Crippen molar-refractivity contribution in [3.63, 3.8) is 0 Å². The number of piperazine rings is 1. The van der Waals surface area contributed by atoms with Crippen molar-refractivity contribution < 1.29 is 9.32 Å². The van der Waals surface area contributed by atoms with Crippen molar-refractivity contribution in [1.29, 1.82) is 0 Å². The molecule has 0 radical (unpaired) electrons. The fourth-order valence-corrected chi connectivity index (χ4v) is 2.58. The van der Waals surface area contributed by atoms with Crippen LogP contribution in [-0.4, -0.2) is 47.7 Å². The highest BCUT2D eigenvalue weighted by atomic mass is 16.5. The molecule has 112 valence electrons. The normalized spacial score (nSPS) is 23.8. The van der Waals surface area contributed by atoms with E-state index < -0.39 is 0 Å². The molecule has 2 unspecified atom stereocenters. The van der Waals surface area contributed by atoms with Gasteiger partial charge in [-0.25, -0.2) is 0 Å².